The molecule has 1 atom stereocenters. The van der Waals surface area contributed by atoms with Crippen LogP contribution in [0, 0.1) is 0 Å². The molecular weight excluding hydrogens is 464 g/mol. The molecule has 0 saturated heterocycles. The molecule has 0 fully saturated rings. The fraction of sp³-hybridized carbons (Fsp3) is 0.0556. The van der Waals surface area contributed by atoms with Crippen molar-refractivity contribution in [3.8, 4) is 33.4 Å². The molecule has 0 nitrogen and oxygen atoms in total. The van der Waals surface area contributed by atoms with Crippen molar-refractivity contribution >= 4 is 22.5 Å². The molecule has 0 radical (unpaired) electrons. The summed E-state index contributed by atoms with van der Waals surface area (Å²) in [5.41, 5.74) is 12.0. The summed E-state index contributed by atoms with van der Waals surface area (Å²) in [5, 5.41) is 2.68. The van der Waals surface area contributed by atoms with Crippen LogP contribution in [0.15, 0.2) is 137 Å². The van der Waals surface area contributed by atoms with Gasteiger partial charge in [0.1, 0.15) is 0 Å². The molecule has 0 N–H and O–H groups in total. The van der Waals surface area contributed by atoms with Gasteiger partial charge < -0.3 is 0 Å². The normalized spacial score (nSPS) is 16.8. The Morgan fingerprint density at radius 2 is 1.16 bits per heavy atom. The van der Waals surface area contributed by atoms with Gasteiger partial charge in [-0.2, -0.15) is 0 Å². The molecular formula is C36H24S. The van der Waals surface area contributed by atoms with E-state index >= 15 is 0 Å². The van der Waals surface area contributed by atoms with E-state index in [9.17, 15) is 0 Å². The molecule has 1 heterocycles. The summed E-state index contributed by atoms with van der Waals surface area (Å²) >= 11 is 1.92. The van der Waals surface area contributed by atoms with Gasteiger partial charge in [0.25, 0.3) is 0 Å². The molecule has 1 aliphatic carbocycles. The summed E-state index contributed by atoms with van der Waals surface area (Å²) in [6, 6.07) is 47.1. The topological polar surface area (TPSA) is 0 Å². The van der Waals surface area contributed by atoms with Gasteiger partial charge in [-0.25, -0.2) is 0 Å². The van der Waals surface area contributed by atoms with Crippen LogP contribution in [-0.2, 0) is 5.41 Å². The molecule has 0 bridgehead atoms. The Kier molecular flexibility index (Phi) is 4.39. The van der Waals surface area contributed by atoms with Gasteiger partial charge in [-0.1, -0.05) is 133 Å². The highest BCUT2D eigenvalue weighted by atomic mass is 32.2. The Balaban J connectivity index is 1.45. The monoisotopic (exact) mass is 488 g/mol. The summed E-state index contributed by atoms with van der Waals surface area (Å²) in [4.78, 5) is 2.70. The van der Waals surface area contributed by atoms with Crippen LogP contribution in [0.25, 0.3) is 44.2 Å². The van der Waals surface area contributed by atoms with E-state index < -0.39 is 0 Å². The molecule has 174 valence electrons. The van der Waals surface area contributed by atoms with Crippen LogP contribution in [-0.4, -0.2) is 0 Å². The summed E-state index contributed by atoms with van der Waals surface area (Å²) in [5.74, 6) is 0. The van der Waals surface area contributed by atoms with Gasteiger partial charge in [0, 0.05) is 20.6 Å². The second-order valence-electron chi connectivity index (χ2n) is 10.2. The first kappa shape index (κ1) is 21.1. The van der Waals surface area contributed by atoms with Crippen molar-refractivity contribution in [3.05, 3.63) is 144 Å². The van der Waals surface area contributed by atoms with Crippen LogP contribution in [0.2, 0.25) is 0 Å². The van der Waals surface area contributed by atoms with Crippen molar-refractivity contribution in [2.75, 3.05) is 0 Å². The summed E-state index contributed by atoms with van der Waals surface area (Å²) in [6.45, 7) is 2.39. The minimum atomic E-state index is -0.192. The van der Waals surface area contributed by atoms with Gasteiger partial charge in [-0.3, -0.25) is 0 Å². The minimum Gasteiger partial charge on any atom is -0.0881 e. The van der Waals surface area contributed by atoms with Crippen LogP contribution in [0.1, 0.15) is 23.6 Å². The maximum Gasteiger partial charge on any atom is 0.0435 e. The summed E-state index contributed by atoms with van der Waals surface area (Å²) in [6.07, 6.45) is 0. The molecule has 2 aliphatic rings. The van der Waals surface area contributed by atoms with Gasteiger partial charge >= 0.3 is 0 Å². The van der Waals surface area contributed by atoms with E-state index in [-0.39, 0.29) is 5.41 Å². The SMILES string of the molecule is CC1(c2ccccc2)c2ccccc2-c2c(-c3ccc4cccc5c4c3Sc3ccccc3-5)cccc21. The van der Waals surface area contributed by atoms with Crippen LogP contribution in [0.3, 0.4) is 0 Å². The zero-order valence-electron chi connectivity index (χ0n) is 20.5. The van der Waals surface area contributed by atoms with Crippen molar-refractivity contribution in [2.45, 2.75) is 22.1 Å². The minimum absolute atomic E-state index is 0.192. The van der Waals surface area contributed by atoms with Crippen LogP contribution in [0.4, 0.5) is 0 Å². The standard InChI is InChI=1S/C36H24S/c1-36(24-12-3-2-4-13-24)30-18-7-5-15-29(30)34-27(17-10-19-31(34)36)28-22-21-23-11-9-16-26-25-14-6-8-20-32(25)37-35(28)33(23)26/h2-22H,1H3. The van der Waals surface area contributed by atoms with E-state index in [1.807, 2.05) is 11.8 Å². The largest absolute Gasteiger partial charge is 0.0881 e. The zero-order valence-corrected chi connectivity index (χ0v) is 21.3. The molecule has 0 saturated carbocycles. The van der Waals surface area contributed by atoms with Gasteiger partial charge in [-0.15, -0.1) is 0 Å². The van der Waals surface area contributed by atoms with Gasteiger partial charge in [0.2, 0.25) is 0 Å². The highest BCUT2D eigenvalue weighted by molar-refractivity contribution is 8.00. The molecule has 0 spiro atoms. The lowest BCUT2D eigenvalue weighted by Gasteiger charge is -2.28. The third kappa shape index (κ3) is 2.81. The summed E-state index contributed by atoms with van der Waals surface area (Å²) in [7, 11) is 0. The Bertz CT molecular complexity index is 1860. The number of benzene rings is 6. The fourth-order valence-electron chi connectivity index (χ4n) is 6.62. The van der Waals surface area contributed by atoms with Gasteiger partial charge in [-0.05, 0) is 68.4 Å². The Hall–Kier alpha value is -4.07. The highest BCUT2D eigenvalue weighted by Crippen LogP contribution is 2.57. The molecule has 1 unspecified atom stereocenters. The molecule has 1 heteroatoms. The van der Waals surface area contributed by atoms with E-state index in [1.54, 1.807) is 0 Å². The second-order valence-corrected chi connectivity index (χ2v) is 11.3. The fourth-order valence-corrected chi connectivity index (χ4v) is 7.90. The van der Waals surface area contributed by atoms with E-state index in [1.165, 1.54) is 70.6 Å². The van der Waals surface area contributed by atoms with E-state index in [0.717, 1.165) is 0 Å². The van der Waals surface area contributed by atoms with Crippen molar-refractivity contribution in [1.29, 1.82) is 0 Å². The zero-order chi connectivity index (χ0) is 24.6. The van der Waals surface area contributed by atoms with E-state index in [4.69, 9.17) is 0 Å². The van der Waals surface area contributed by atoms with Crippen LogP contribution in [0.5, 0.6) is 0 Å². The molecule has 37 heavy (non-hydrogen) atoms. The molecule has 0 aromatic heterocycles. The van der Waals surface area contributed by atoms with E-state index in [0.29, 0.717) is 0 Å². The Labute approximate surface area is 221 Å². The van der Waals surface area contributed by atoms with Crippen molar-refractivity contribution in [1.82, 2.24) is 0 Å². The number of hydrogen-bond acceptors (Lipinski definition) is 1. The Morgan fingerprint density at radius 3 is 2.05 bits per heavy atom. The lowest BCUT2D eigenvalue weighted by atomic mass is 9.74. The lowest BCUT2D eigenvalue weighted by Crippen LogP contribution is -2.22. The molecule has 6 aromatic rings. The summed E-state index contributed by atoms with van der Waals surface area (Å²) < 4.78 is 0. The van der Waals surface area contributed by atoms with E-state index in [2.05, 4.69) is 134 Å². The maximum absolute atomic E-state index is 2.39. The smallest absolute Gasteiger partial charge is 0.0435 e. The predicted octanol–water partition coefficient (Wildman–Crippen LogP) is 9.97. The van der Waals surface area contributed by atoms with Gasteiger partial charge in [0.05, 0.1) is 0 Å². The van der Waals surface area contributed by atoms with Crippen molar-refractivity contribution in [2.24, 2.45) is 0 Å². The molecule has 6 aromatic carbocycles. The predicted molar refractivity (Wildman–Crippen MR) is 156 cm³/mol. The number of hydrogen-bond donors (Lipinski definition) is 0. The lowest BCUT2D eigenvalue weighted by molar-refractivity contribution is 0.714. The van der Waals surface area contributed by atoms with Crippen molar-refractivity contribution < 1.29 is 0 Å². The first-order valence-electron chi connectivity index (χ1n) is 12.9. The molecule has 8 rings (SSSR count). The first-order valence-corrected chi connectivity index (χ1v) is 13.7. The first-order chi connectivity index (χ1) is 18.2. The Morgan fingerprint density at radius 1 is 0.486 bits per heavy atom. The molecule has 1 aliphatic heterocycles. The molecule has 0 amide bonds. The number of rotatable bonds is 2. The second kappa shape index (κ2) is 7.71. The quantitative estimate of drug-likeness (QED) is 0.233. The van der Waals surface area contributed by atoms with Crippen LogP contribution >= 0.6 is 11.8 Å². The van der Waals surface area contributed by atoms with Gasteiger partial charge in [0.15, 0.2) is 0 Å². The number of fused-ring (bicyclic) bond motifs is 5. The average molecular weight is 489 g/mol. The third-order valence-corrected chi connectivity index (χ3v) is 9.57. The average Bonchev–Trinajstić information content (AvgIpc) is 3.23. The van der Waals surface area contributed by atoms with Crippen molar-refractivity contribution in [3.63, 3.8) is 0 Å². The maximum atomic E-state index is 2.39. The highest BCUT2D eigenvalue weighted by Gasteiger charge is 2.41. The van der Waals surface area contributed by atoms with Crippen LogP contribution < -0.4 is 0 Å². The third-order valence-electron chi connectivity index (χ3n) is 8.37.